The van der Waals surface area contributed by atoms with Gasteiger partial charge in [-0.2, -0.15) is 0 Å². The molecule has 7 heteroatoms. The molecular formula is C9H9NO6. The van der Waals surface area contributed by atoms with E-state index in [1.165, 1.54) is 0 Å². The molecule has 2 aliphatic heterocycles. The SMILES string of the molecule is O=C1C[C@@H]2C([N+](=O)[O-])[C@H]3CC(=O)O[C@H]3[C@@H]2O1. The normalized spacial score (nSPS) is 44.9. The first-order valence-corrected chi connectivity index (χ1v) is 5.10. The maximum atomic E-state index is 11.1. The van der Waals surface area contributed by atoms with Gasteiger partial charge in [0, 0.05) is 4.92 Å². The Bertz CT molecular complexity index is 363. The van der Waals surface area contributed by atoms with E-state index in [2.05, 4.69) is 0 Å². The topological polar surface area (TPSA) is 95.7 Å². The van der Waals surface area contributed by atoms with Gasteiger partial charge in [0.25, 0.3) is 0 Å². The second kappa shape index (κ2) is 2.93. The maximum absolute atomic E-state index is 11.1. The van der Waals surface area contributed by atoms with Crippen LogP contribution in [0.1, 0.15) is 12.8 Å². The fourth-order valence-electron chi connectivity index (χ4n) is 3.07. The molecule has 7 nitrogen and oxygen atoms in total. The molecule has 2 heterocycles. The van der Waals surface area contributed by atoms with E-state index < -0.39 is 46.9 Å². The predicted molar refractivity (Wildman–Crippen MR) is 46.8 cm³/mol. The highest BCUT2D eigenvalue weighted by molar-refractivity contribution is 5.75. The van der Waals surface area contributed by atoms with Crippen LogP contribution in [0.25, 0.3) is 0 Å². The summed E-state index contributed by atoms with van der Waals surface area (Å²) in [5, 5.41) is 11.0. The van der Waals surface area contributed by atoms with E-state index in [1.54, 1.807) is 0 Å². The molecule has 16 heavy (non-hydrogen) atoms. The number of rotatable bonds is 1. The van der Waals surface area contributed by atoms with E-state index in [9.17, 15) is 19.7 Å². The molecular weight excluding hydrogens is 218 g/mol. The highest BCUT2D eigenvalue weighted by Gasteiger charge is 2.66. The van der Waals surface area contributed by atoms with E-state index in [4.69, 9.17) is 9.47 Å². The van der Waals surface area contributed by atoms with Gasteiger partial charge in [0.15, 0.2) is 0 Å². The van der Waals surface area contributed by atoms with Crippen molar-refractivity contribution in [1.82, 2.24) is 0 Å². The molecule has 1 aliphatic carbocycles. The van der Waals surface area contributed by atoms with Crippen LogP contribution in [0, 0.1) is 22.0 Å². The third-order valence-electron chi connectivity index (χ3n) is 3.63. The number of nitro groups is 1. The molecule has 0 unspecified atom stereocenters. The molecule has 0 bridgehead atoms. The molecule has 1 saturated carbocycles. The highest BCUT2D eigenvalue weighted by atomic mass is 16.6. The molecule has 0 spiro atoms. The molecule has 2 saturated heterocycles. The average Bonchev–Trinajstić information content (AvgIpc) is 2.75. The van der Waals surface area contributed by atoms with Crippen molar-refractivity contribution in [2.45, 2.75) is 31.1 Å². The second-order valence-electron chi connectivity index (χ2n) is 4.42. The zero-order chi connectivity index (χ0) is 11.4. The van der Waals surface area contributed by atoms with E-state index in [1.807, 2.05) is 0 Å². The molecule has 3 rings (SSSR count). The maximum Gasteiger partial charge on any atom is 0.306 e. The van der Waals surface area contributed by atoms with Gasteiger partial charge in [0.05, 0.1) is 24.7 Å². The van der Waals surface area contributed by atoms with Gasteiger partial charge in [-0.25, -0.2) is 0 Å². The van der Waals surface area contributed by atoms with Crippen molar-refractivity contribution in [2.24, 2.45) is 11.8 Å². The Hall–Kier alpha value is -1.66. The summed E-state index contributed by atoms with van der Waals surface area (Å²) >= 11 is 0. The van der Waals surface area contributed by atoms with Crippen molar-refractivity contribution in [2.75, 3.05) is 0 Å². The van der Waals surface area contributed by atoms with Crippen LogP contribution in [0.3, 0.4) is 0 Å². The van der Waals surface area contributed by atoms with Gasteiger partial charge in [0.1, 0.15) is 12.2 Å². The number of carbonyl (C=O) groups excluding carboxylic acids is 2. The molecule has 0 radical (unpaired) electrons. The summed E-state index contributed by atoms with van der Waals surface area (Å²) < 4.78 is 10.0. The van der Waals surface area contributed by atoms with Crippen LogP contribution < -0.4 is 0 Å². The summed E-state index contributed by atoms with van der Waals surface area (Å²) in [7, 11) is 0. The summed E-state index contributed by atoms with van der Waals surface area (Å²) in [6, 6.07) is -0.895. The monoisotopic (exact) mass is 227 g/mol. The number of hydrogen-bond acceptors (Lipinski definition) is 6. The first kappa shape index (κ1) is 9.56. The molecule has 86 valence electrons. The number of ether oxygens (including phenoxy) is 2. The van der Waals surface area contributed by atoms with E-state index in [0.29, 0.717) is 0 Å². The fourth-order valence-corrected chi connectivity index (χ4v) is 3.07. The molecule has 0 amide bonds. The van der Waals surface area contributed by atoms with Crippen molar-refractivity contribution in [3.63, 3.8) is 0 Å². The number of esters is 2. The third kappa shape index (κ3) is 1.08. The Labute approximate surface area is 89.8 Å². The minimum Gasteiger partial charge on any atom is -0.458 e. The number of nitrogens with zero attached hydrogens (tertiary/aromatic N) is 1. The van der Waals surface area contributed by atoms with Crippen LogP contribution in [0.15, 0.2) is 0 Å². The van der Waals surface area contributed by atoms with Crippen molar-refractivity contribution < 1.29 is 24.0 Å². The van der Waals surface area contributed by atoms with Crippen molar-refractivity contribution in [3.05, 3.63) is 10.1 Å². The summed E-state index contributed by atoms with van der Waals surface area (Å²) in [5.74, 6) is -1.76. The van der Waals surface area contributed by atoms with Crippen LogP contribution in [0.5, 0.6) is 0 Å². The lowest BCUT2D eigenvalue weighted by atomic mass is 9.94. The Morgan fingerprint density at radius 3 is 1.88 bits per heavy atom. The van der Waals surface area contributed by atoms with E-state index in [-0.39, 0.29) is 12.8 Å². The highest BCUT2D eigenvalue weighted by Crippen LogP contribution is 2.47. The van der Waals surface area contributed by atoms with Gasteiger partial charge in [-0.05, 0) is 0 Å². The van der Waals surface area contributed by atoms with Gasteiger partial charge in [0.2, 0.25) is 6.04 Å². The largest absolute Gasteiger partial charge is 0.458 e. The average molecular weight is 227 g/mol. The molecule has 0 aromatic carbocycles. The van der Waals surface area contributed by atoms with Crippen LogP contribution in [0.4, 0.5) is 0 Å². The molecule has 3 aliphatic rings. The van der Waals surface area contributed by atoms with Gasteiger partial charge in [-0.1, -0.05) is 0 Å². The summed E-state index contributed by atoms with van der Waals surface area (Å²) in [5.41, 5.74) is 0. The summed E-state index contributed by atoms with van der Waals surface area (Å²) in [6.45, 7) is 0. The number of fused-ring (bicyclic) bond motifs is 3. The zero-order valence-corrected chi connectivity index (χ0v) is 8.20. The van der Waals surface area contributed by atoms with Crippen LogP contribution in [0.2, 0.25) is 0 Å². The number of hydrogen-bond donors (Lipinski definition) is 0. The van der Waals surface area contributed by atoms with Gasteiger partial charge < -0.3 is 9.47 Å². The quantitative estimate of drug-likeness (QED) is 0.340. The van der Waals surface area contributed by atoms with Crippen LogP contribution in [-0.4, -0.2) is 35.1 Å². The molecule has 0 N–H and O–H groups in total. The lowest BCUT2D eigenvalue weighted by Crippen LogP contribution is -2.31. The zero-order valence-electron chi connectivity index (χ0n) is 8.20. The van der Waals surface area contributed by atoms with Crippen molar-refractivity contribution >= 4 is 11.9 Å². The predicted octanol–water partition coefficient (Wildman–Crippen LogP) is -0.491. The molecule has 4 atom stereocenters. The minimum atomic E-state index is -0.895. The lowest BCUT2D eigenvalue weighted by molar-refractivity contribution is -0.536. The Morgan fingerprint density at radius 1 is 1.06 bits per heavy atom. The number of carbonyl (C=O) groups is 2. The van der Waals surface area contributed by atoms with Gasteiger partial charge in [-0.15, -0.1) is 0 Å². The van der Waals surface area contributed by atoms with Crippen LogP contribution >= 0.6 is 0 Å². The van der Waals surface area contributed by atoms with Gasteiger partial charge in [-0.3, -0.25) is 19.7 Å². The fraction of sp³-hybridized carbons (Fsp3) is 0.778. The van der Waals surface area contributed by atoms with Crippen molar-refractivity contribution in [1.29, 1.82) is 0 Å². The van der Waals surface area contributed by atoms with Gasteiger partial charge >= 0.3 is 11.9 Å². The van der Waals surface area contributed by atoms with Crippen LogP contribution in [-0.2, 0) is 19.1 Å². The Balaban J connectivity index is 1.95. The lowest BCUT2D eigenvalue weighted by Gasteiger charge is -2.13. The summed E-state index contributed by atoms with van der Waals surface area (Å²) in [4.78, 5) is 32.8. The first-order valence-electron chi connectivity index (χ1n) is 5.10. The summed E-state index contributed by atoms with van der Waals surface area (Å²) in [6.07, 6.45) is -1.11. The third-order valence-corrected chi connectivity index (χ3v) is 3.63. The first-order chi connectivity index (χ1) is 7.58. The molecule has 0 aromatic rings. The standard InChI is InChI=1S/C9H9NO6/c11-5-1-3-7(10(13)14)4-2-6(12)16-9(4)8(3)15-5/h3-4,7-9H,1-2H2/t3-,4-,8-,9-/m1/s1. The second-order valence-corrected chi connectivity index (χ2v) is 4.42. The Kier molecular flexibility index (Phi) is 1.75. The molecule has 3 fully saturated rings. The Morgan fingerprint density at radius 2 is 1.50 bits per heavy atom. The van der Waals surface area contributed by atoms with E-state index >= 15 is 0 Å². The molecule has 0 aromatic heterocycles. The smallest absolute Gasteiger partial charge is 0.306 e. The van der Waals surface area contributed by atoms with E-state index in [0.717, 1.165) is 0 Å². The van der Waals surface area contributed by atoms with Crippen molar-refractivity contribution in [3.8, 4) is 0 Å². The minimum absolute atomic E-state index is 0.0564.